The van der Waals surface area contributed by atoms with Gasteiger partial charge in [-0.05, 0) is 56.9 Å². The van der Waals surface area contributed by atoms with Crippen LogP contribution in [0.5, 0.6) is 0 Å². The number of benzene rings is 1. The quantitative estimate of drug-likeness (QED) is 0.741. The zero-order valence-electron chi connectivity index (χ0n) is 18.8. The Kier molecular flexibility index (Phi) is 6.50. The molecule has 1 aromatic carbocycles. The number of hydrogen-bond donors (Lipinski definition) is 1. The molecule has 8 nitrogen and oxygen atoms in total. The molecule has 0 aliphatic carbocycles. The summed E-state index contributed by atoms with van der Waals surface area (Å²) in [4.78, 5) is 19.9. The van der Waals surface area contributed by atoms with Gasteiger partial charge in [-0.15, -0.1) is 0 Å². The van der Waals surface area contributed by atoms with Gasteiger partial charge in [0.15, 0.2) is 0 Å². The second kappa shape index (κ2) is 9.17. The Labute approximate surface area is 189 Å². The monoisotopic (exact) mass is 458 g/mol. The van der Waals surface area contributed by atoms with E-state index in [0.29, 0.717) is 54.4 Å². The van der Waals surface area contributed by atoms with Gasteiger partial charge in [-0.3, -0.25) is 4.79 Å². The average molecular weight is 459 g/mol. The normalized spacial score (nSPS) is 19.8. The molecule has 1 aromatic heterocycles. The fraction of sp³-hybridized carbons (Fsp3) is 0.478. The Hall–Kier alpha value is -2.49. The molecular weight excluding hydrogens is 428 g/mol. The van der Waals surface area contributed by atoms with E-state index in [-0.39, 0.29) is 5.91 Å². The summed E-state index contributed by atoms with van der Waals surface area (Å²) in [5, 5.41) is 2.81. The van der Waals surface area contributed by atoms with Crippen molar-refractivity contribution in [2.75, 3.05) is 43.1 Å². The minimum Gasteiger partial charge on any atom is -0.378 e. The van der Waals surface area contributed by atoms with E-state index in [1.807, 2.05) is 25.1 Å². The van der Waals surface area contributed by atoms with Crippen molar-refractivity contribution in [1.82, 2.24) is 9.29 Å². The first-order chi connectivity index (χ1) is 15.3. The number of pyridine rings is 1. The highest BCUT2D eigenvalue weighted by molar-refractivity contribution is 7.89. The van der Waals surface area contributed by atoms with E-state index in [1.165, 1.54) is 4.31 Å². The lowest BCUT2D eigenvalue weighted by atomic mass is 10.1. The number of amides is 1. The molecule has 2 aromatic rings. The highest BCUT2D eigenvalue weighted by atomic mass is 32.2. The van der Waals surface area contributed by atoms with Crippen LogP contribution in [0, 0.1) is 20.8 Å². The molecule has 1 unspecified atom stereocenters. The minimum absolute atomic E-state index is 0.302. The van der Waals surface area contributed by atoms with Crippen molar-refractivity contribution < 1.29 is 17.9 Å². The number of carbonyl (C=O) groups excluding carboxylic acids is 1. The number of aromatic nitrogens is 1. The van der Waals surface area contributed by atoms with E-state index in [2.05, 4.69) is 15.2 Å². The number of aryl methyl sites for hydroxylation is 3. The Balaban J connectivity index is 1.50. The van der Waals surface area contributed by atoms with Crippen LogP contribution in [-0.2, 0) is 19.6 Å². The molecule has 2 saturated heterocycles. The van der Waals surface area contributed by atoms with Gasteiger partial charge in [0.05, 0.1) is 30.0 Å². The fourth-order valence-corrected chi connectivity index (χ4v) is 6.73. The summed E-state index contributed by atoms with van der Waals surface area (Å²) in [5.74, 6) is 0.0686. The zero-order valence-corrected chi connectivity index (χ0v) is 19.6. The Morgan fingerprint density at radius 3 is 2.41 bits per heavy atom. The first-order valence-corrected chi connectivity index (χ1v) is 12.4. The van der Waals surface area contributed by atoms with Crippen molar-refractivity contribution >= 4 is 27.4 Å². The molecule has 9 heteroatoms. The molecule has 2 aliphatic rings. The van der Waals surface area contributed by atoms with E-state index in [4.69, 9.17) is 4.74 Å². The highest BCUT2D eigenvalue weighted by Gasteiger charge is 2.40. The lowest BCUT2D eigenvalue weighted by molar-refractivity contribution is -0.119. The number of ether oxygens (including phenoxy) is 1. The lowest BCUT2D eigenvalue weighted by Crippen LogP contribution is -2.43. The summed E-state index contributed by atoms with van der Waals surface area (Å²) < 4.78 is 33.7. The van der Waals surface area contributed by atoms with Crippen LogP contribution >= 0.6 is 0 Å². The topological polar surface area (TPSA) is 91.8 Å². The van der Waals surface area contributed by atoms with E-state index in [0.717, 1.165) is 24.3 Å². The molecule has 1 N–H and O–H groups in total. The number of nitrogens with zero attached hydrogens (tertiary/aromatic N) is 3. The summed E-state index contributed by atoms with van der Waals surface area (Å²) in [6.45, 7) is 8.86. The van der Waals surface area contributed by atoms with Crippen molar-refractivity contribution in [2.24, 2.45) is 0 Å². The van der Waals surface area contributed by atoms with Crippen molar-refractivity contribution in [3.05, 3.63) is 47.2 Å². The Morgan fingerprint density at radius 2 is 1.78 bits per heavy atom. The maximum Gasteiger partial charge on any atom is 0.244 e. The van der Waals surface area contributed by atoms with Crippen molar-refractivity contribution in [1.29, 1.82) is 0 Å². The molecule has 0 radical (unpaired) electrons. The molecule has 1 atom stereocenters. The van der Waals surface area contributed by atoms with E-state index in [9.17, 15) is 13.2 Å². The average Bonchev–Trinajstić information content (AvgIpc) is 3.25. The van der Waals surface area contributed by atoms with Crippen LogP contribution < -0.4 is 10.2 Å². The van der Waals surface area contributed by atoms with Gasteiger partial charge in [0.1, 0.15) is 11.9 Å². The first kappa shape index (κ1) is 22.7. The smallest absolute Gasteiger partial charge is 0.244 e. The Bertz CT molecular complexity index is 1070. The van der Waals surface area contributed by atoms with Crippen molar-refractivity contribution in [3.63, 3.8) is 0 Å². The predicted octanol–water partition coefficient (Wildman–Crippen LogP) is 2.64. The molecule has 172 valence electrons. The molecule has 0 spiro atoms. The summed E-state index contributed by atoms with van der Waals surface area (Å²) in [6.07, 6.45) is 2.86. The second-order valence-electron chi connectivity index (χ2n) is 8.49. The van der Waals surface area contributed by atoms with Crippen LogP contribution in [0.15, 0.2) is 35.4 Å². The van der Waals surface area contributed by atoms with Gasteiger partial charge in [0, 0.05) is 19.6 Å². The summed E-state index contributed by atoms with van der Waals surface area (Å²) in [7, 11) is -3.79. The van der Waals surface area contributed by atoms with E-state index in [1.54, 1.807) is 26.1 Å². The Morgan fingerprint density at radius 1 is 1.09 bits per heavy atom. The van der Waals surface area contributed by atoms with Crippen LogP contribution in [0.2, 0.25) is 0 Å². The van der Waals surface area contributed by atoms with E-state index >= 15 is 0 Å². The standard InChI is InChI=1S/C23H30N4O4S/c1-16-13-17(2)22(18(3)14-16)32(29,30)27-8-4-5-20(27)23(28)25-21-7-6-19(15-24-21)26-9-11-31-12-10-26/h6-7,13-15,20H,4-5,8-12H2,1-3H3,(H,24,25,28). The minimum atomic E-state index is -3.79. The molecule has 2 fully saturated rings. The number of nitrogens with one attached hydrogen (secondary N) is 1. The number of sulfonamides is 1. The molecule has 3 heterocycles. The molecular formula is C23H30N4O4S. The highest BCUT2D eigenvalue weighted by Crippen LogP contribution is 2.31. The largest absolute Gasteiger partial charge is 0.378 e. The molecule has 2 aliphatic heterocycles. The van der Waals surface area contributed by atoms with Crippen LogP contribution in [-0.4, -0.2) is 62.5 Å². The predicted molar refractivity (Wildman–Crippen MR) is 123 cm³/mol. The summed E-state index contributed by atoms with van der Waals surface area (Å²) in [5.41, 5.74) is 3.39. The number of hydrogen-bond acceptors (Lipinski definition) is 6. The van der Waals surface area contributed by atoms with Gasteiger partial charge in [-0.1, -0.05) is 17.7 Å². The molecule has 4 rings (SSSR count). The zero-order chi connectivity index (χ0) is 22.9. The molecule has 1 amide bonds. The van der Waals surface area contributed by atoms with Crippen molar-refractivity contribution in [3.8, 4) is 0 Å². The molecule has 0 saturated carbocycles. The second-order valence-corrected chi connectivity index (χ2v) is 10.3. The third-order valence-electron chi connectivity index (χ3n) is 6.05. The summed E-state index contributed by atoms with van der Waals surface area (Å²) in [6, 6.07) is 6.65. The number of carbonyl (C=O) groups is 1. The maximum atomic E-state index is 13.5. The van der Waals surface area contributed by atoms with Crippen molar-refractivity contribution in [2.45, 2.75) is 44.6 Å². The maximum absolute atomic E-state index is 13.5. The van der Waals surface area contributed by atoms with Gasteiger partial charge < -0.3 is 15.0 Å². The third-order valence-corrected chi connectivity index (χ3v) is 8.27. The number of rotatable bonds is 5. The van der Waals surface area contributed by atoms with Gasteiger partial charge in [0.2, 0.25) is 15.9 Å². The fourth-order valence-electron chi connectivity index (χ4n) is 4.66. The van der Waals surface area contributed by atoms with Crippen LogP contribution in [0.1, 0.15) is 29.5 Å². The van der Waals surface area contributed by atoms with Gasteiger partial charge in [-0.25, -0.2) is 13.4 Å². The lowest BCUT2D eigenvalue weighted by Gasteiger charge is -2.28. The molecule has 0 bridgehead atoms. The summed E-state index contributed by atoms with van der Waals surface area (Å²) >= 11 is 0. The number of anilines is 2. The first-order valence-electron chi connectivity index (χ1n) is 11.0. The van der Waals surface area contributed by atoms with Gasteiger partial charge in [0.25, 0.3) is 0 Å². The third kappa shape index (κ3) is 4.51. The van der Waals surface area contributed by atoms with Crippen LogP contribution in [0.3, 0.4) is 0 Å². The van der Waals surface area contributed by atoms with Gasteiger partial charge in [-0.2, -0.15) is 4.31 Å². The SMILES string of the molecule is Cc1cc(C)c(S(=O)(=O)N2CCCC2C(=O)Nc2ccc(N3CCOCC3)cn2)c(C)c1. The van der Waals surface area contributed by atoms with Gasteiger partial charge >= 0.3 is 0 Å². The molecule has 32 heavy (non-hydrogen) atoms. The number of morpholine rings is 1. The van der Waals surface area contributed by atoms with Crippen LogP contribution in [0.4, 0.5) is 11.5 Å². The van der Waals surface area contributed by atoms with E-state index < -0.39 is 16.1 Å². The van der Waals surface area contributed by atoms with Crippen LogP contribution in [0.25, 0.3) is 0 Å².